The molecular weight excluding hydrogens is 440 g/mol. The third-order valence-electron chi connectivity index (χ3n) is 6.04. The second kappa shape index (κ2) is 7.97. The van der Waals surface area contributed by atoms with Crippen LogP contribution in [0, 0.1) is 19.7 Å². The van der Waals surface area contributed by atoms with Crippen molar-refractivity contribution in [2.75, 3.05) is 13.1 Å². The molecular formula is C22H22ClF2N5O2. The average Bonchev–Trinajstić information content (AvgIpc) is 3.33. The number of ether oxygens (including phenoxy) is 1. The fourth-order valence-corrected chi connectivity index (χ4v) is 4.41. The molecule has 1 aromatic carbocycles. The summed E-state index contributed by atoms with van der Waals surface area (Å²) in [5, 5.41) is 8.10. The molecule has 1 amide bonds. The average molecular weight is 462 g/mol. The zero-order valence-corrected chi connectivity index (χ0v) is 18.4. The van der Waals surface area contributed by atoms with E-state index in [-0.39, 0.29) is 30.3 Å². The molecule has 0 unspecified atom stereocenters. The highest BCUT2D eigenvalue weighted by Crippen LogP contribution is 2.32. The molecule has 2 aliphatic rings. The number of halogens is 3. The molecule has 1 saturated heterocycles. The number of nitrogens with zero attached hydrogens (tertiary/aromatic N) is 4. The normalized spacial score (nSPS) is 20.6. The van der Waals surface area contributed by atoms with Gasteiger partial charge in [-0.25, -0.2) is 18.3 Å². The van der Waals surface area contributed by atoms with E-state index in [4.69, 9.17) is 16.3 Å². The van der Waals surface area contributed by atoms with Crippen LogP contribution in [0.4, 0.5) is 8.78 Å². The molecule has 10 heteroatoms. The van der Waals surface area contributed by atoms with E-state index in [1.165, 1.54) is 12.1 Å². The number of hydrogen-bond donors (Lipinski definition) is 1. The number of carbonyl (C=O) groups excluding carboxylic acids is 1. The monoisotopic (exact) mass is 461 g/mol. The first-order chi connectivity index (χ1) is 15.3. The number of aromatic nitrogens is 3. The molecule has 0 spiro atoms. The van der Waals surface area contributed by atoms with Crippen molar-refractivity contribution >= 4 is 23.2 Å². The Labute approximate surface area is 188 Å². The van der Waals surface area contributed by atoms with Crippen molar-refractivity contribution in [1.29, 1.82) is 0 Å². The molecule has 0 saturated carbocycles. The summed E-state index contributed by atoms with van der Waals surface area (Å²) in [5.41, 5.74) is 3.94. The van der Waals surface area contributed by atoms with Gasteiger partial charge in [0, 0.05) is 18.2 Å². The van der Waals surface area contributed by atoms with Crippen LogP contribution in [0.5, 0.6) is 5.75 Å². The van der Waals surface area contributed by atoms with Crippen molar-refractivity contribution in [3.63, 3.8) is 0 Å². The van der Waals surface area contributed by atoms with Crippen molar-refractivity contribution in [1.82, 2.24) is 24.8 Å². The van der Waals surface area contributed by atoms with E-state index in [1.54, 1.807) is 9.42 Å². The minimum Gasteiger partial charge on any atom is -0.486 e. The third-order valence-corrected chi connectivity index (χ3v) is 6.59. The van der Waals surface area contributed by atoms with Crippen molar-refractivity contribution in [2.45, 2.75) is 45.6 Å². The Kier molecular flexibility index (Phi) is 5.25. The third kappa shape index (κ3) is 3.49. The Hall–Kier alpha value is -2.78. The van der Waals surface area contributed by atoms with Gasteiger partial charge in [-0.2, -0.15) is 5.10 Å². The van der Waals surface area contributed by atoms with Gasteiger partial charge in [-0.15, -0.1) is 0 Å². The first kappa shape index (κ1) is 21.1. The number of amides is 1. The molecule has 32 heavy (non-hydrogen) atoms. The molecule has 168 valence electrons. The summed E-state index contributed by atoms with van der Waals surface area (Å²) in [5.74, 6) is -0.821. The van der Waals surface area contributed by atoms with Crippen LogP contribution in [-0.4, -0.2) is 50.8 Å². The lowest BCUT2D eigenvalue weighted by atomic mass is 10.1. The van der Waals surface area contributed by atoms with E-state index >= 15 is 0 Å². The number of carbonyl (C=O) groups is 1. The van der Waals surface area contributed by atoms with Crippen LogP contribution in [0.3, 0.4) is 0 Å². The van der Waals surface area contributed by atoms with Crippen LogP contribution in [0.15, 0.2) is 18.2 Å². The summed E-state index contributed by atoms with van der Waals surface area (Å²) in [4.78, 5) is 19.5. The quantitative estimate of drug-likeness (QED) is 0.647. The number of hydrogen-bond acceptors (Lipinski definition) is 5. The maximum absolute atomic E-state index is 14.2. The van der Waals surface area contributed by atoms with Gasteiger partial charge in [-0.05, 0) is 38.9 Å². The van der Waals surface area contributed by atoms with Gasteiger partial charge in [-0.3, -0.25) is 4.79 Å². The maximum Gasteiger partial charge on any atom is 0.258 e. The molecule has 0 bridgehead atoms. The number of fused-ring (bicyclic) bond motifs is 3. The molecule has 4 heterocycles. The predicted molar refractivity (Wildman–Crippen MR) is 114 cm³/mol. The summed E-state index contributed by atoms with van der Waals surface area (Å²) >= 11 is 6.30. The summed E-state index contributed by atoms with van der Waals surface area (Å²) in [7, 11) is 0. The molecule has 0 aliphatic carbocycles. The van der Waals surface area contributed by atoms with Crippen molar-refractivity contribution in [3.05, 3.63) is 57.2 Å². The van der Waals surface area contributed by atoms with Gasteiger partial charge in [0.05, 0.1) is 40.8 Å². The van der Waals surface area contributed by atoms with Crippen LogP contribution < -0.4 is 10.1 Å². The van der Waals surface area contributed by atoms with Crippen LogP contribution in [0.25, 0.3) is 5.65 Å². The zero-order valence-electron chi connectivity index (χ0n) is 17.7. The Bertz CT molecular complexity index is 1230. The topological polar surface area (TPSA) is 71.8 Å². The molecule has 5 rings (SSSR count). The van der Waals surface area contributed by atoms with E-state index in [2.05, 4.69) is 15.4 Å². The smallest absolute Gasteiger partial charge is 0.258 e. The van der Waals surface area contributed by atoms with Gasteiger partial charge >= 0.3 is 0 Å². The van der Waals surface area contributed by atoms with Crippen molar-refractivity contribution < 1.29 is 18.3 Å². The maximum atomic E-state index is 14.2. The molecule has 2 aromatic heterocycles. The lowest BCUT2D eigenvalue weighted by Gasteiger charge is -2.28. The van der Waals surface area contributed by atoms with Gasteiger partial charge in [0.1, 0.15) is 23.8 Å². The highest BCUT2D eigenvalue weighted by Gasteiger charge is 2.33. The Morgan fingerprint density at radius 3 is 2.91 bits per heavy atom. The Morgan fingerprint density at radius 2 is 2.12 bits per heavy atom. The summed E-state index contributed by atoms with van der Waals surface area (Å²) in [6.07, 6.45) is -1.53. The molecule has 2 atom stereocenters. The minimum absolute atomic E-state index is 0.0555. The van der Waals surface area contributed by atoms with E-state index in [9.17, 15) is 13.6 Å². The predicted octanol–water partition coefficient (Wildman–Crippen LogP) is 3.37. The molecule has 3 aromatic rings. The molecule has 0 radical (unpaired) electrons. The Balaban J connectivity index is 1.43. The molecule has 1 fully saturated rings. The second-order valence-corrected chi connectivity index (χ2v) is 8.60. The van der Waals surface area contributed by atoms with Gasteiger partial charge in [0.25, 0.3) is 5.91 Å². The minimum atomic E-state index is -1.23. The van der Waals surface area contributed by atoms with Crippen LogP contribution in [0.1, 0.15) is 39.4 Å². The second-order valence-electron chi connectivity index (χ2n) is 8.22. The zero-order chi connectivity index (χ0) is 22.6. The number of benzene rings is 1. The lowest BCUT2D eigenvalue weighted by Crippen LogP contribution is -2.44. The van der Waals surface area contributed by atoms with Crippen molar-refractivity contribution in [3.8, 4) is 5.75 Å². The van der Waals surface area contributed by atoms with E-state index in [1.807, 2.05) is 13.8 Å². The summed E-state index contributed by atoms with van der Waals surface area (Å²) in [6, 6.07) is 3.74. The van der Waals surface area contributed by atoms with E-state index < -0.39 is 18.1 Å². The molecule has 1 N–H and O–H groups in total. The van der Waals surface area contributed by atoms with Gasteiger partial charge < -0.3 is 15.0 Å². The summed E-state index contributed by atoms with van der Waals surface area (Å²) < 4.78 is 35.7. The number of aryl methyl sites for hydroxylation is 2. The van der Waals surface area contributed by atoms with Gasteiger partial charge in [0.2, 0.25) is 0 Å². The first-order valence-corrected chi connectivity index (χ1v) is 10.8. The van der Waals surface area contributed by atoms with Crippen LogP contribution in [0.2, 0.25) is 5.02 Å². The van der Waals surface area contributed by atoms with Crippen LogP contribution in [-0.2, 0) is 13.1 Å². The summed E-state index contributed by atoms with van der Waals surface area (Å²) in [6.45, 7) is 5.05. The highest BCUT2D eigenvalue weighted by atomic mass is 35.5. The Morgan fingerprint density at radius 1 is 1.31 bits per heavy atom. The highest BCUT2D eigenvalue weighted by molar-refractivity contribution is 6.31. The van der Waals surface area contributed by atoms with E-state index in [0.717, 1.165) is 23.0 Å². The fourth-order valence-electron chi connectivity index (χ4n) is 4.29. The van der Waals surface area contributed by atoms with Crippen LogP contribution >= 0.6 is 11.6 Å². The largest absolute Gasteiger partial charge is 0.486 e. The number of rotatable bonds is 3. The first-order valence-electron chi connectivity index (χ1n) is 10.5. The molecule has 2 aliphatic heterocycles. The van der Waals surface area contributed by atoms with E-state index in [0.29, 0.717) is 35.9 Å². The lowest BCUT2D eigenvalue weighted by molar-refractivity contribution is 0.0657. The van der Waals surface area contributed by atoms with Crippen molar-refractivity contribution in [2.24, 2.45) is 0 Å². The standard InChI is InChI=1S/C22H22ClF2N5O2/c1-11-20(23)12(2)30-21(27-11)15-9-29(10-17(15)28-30)22(31)14-4-3-13(24)7-19(14)32-18-5-6-26-8-16(18)25/h3-4,7,16,18,26H,5-6,8-10H2,1-2H3/t16-,18-/m0/s1. The van der Waals surface area contributed by atoms with Gasteiger partial charge in [-0.1, -0.05) is 11.6 Å². The number of nitrogens with one attached hydrogen (secondary N) is 1. The fraction of sp³-hybridized carbons (Fsp3) is 0.409. The SMILES string of the molecule is Cc1nc2c3c(nn2c(C)c1Cl)CN(C(=O)c1ccc(F)cc1O[C@H]1CCNC[C@@H]1F)C3. The molecule has 7 nitrogen and oxygen atoms in total. The number of alkyl halides is 1. The van der Waals surface area contributed by atoms with Gasteiger partial charge in [0.15, 0.2) is 5.65 Å². The number of piperidine rings is 1.